The third-order valence-corrected chi connectivity index (χ3v) is 10.1. The van der Waals surface area contributed by atoms with Crippen molar-refractivity contribution < 1.29 is 37.0 Å². The summed E-state index contributed by atoms with van der Waals surface area (Å²) in [6, 6.07) is 17.7. The Bertz CT molecular complexity index is 1610. The Labute approximate surface area is 276 Å². The maximum atomic E-state index is 14.3. The second-order valence-corrected chi connectivity index (χ2v) is 14.1. The molecule has 0 saturated heterocycles. The van der Waals surface area contributed by atoms with Gasteiger partial charge < -0.3 is 24.8 Å². The van der Waals surface area contributed by atoms with Crippen LogP contribution in [0.25, 0.3) is 0 Å². The monoisotopic (exact) mass is 669 g/mol. The number of aliphatic hydroxyl groups is 1. The van der Waals surface area contributed by atoms with Crippen molar-refractivity contribution in [3.63, 3.8) is 0 Å². The second-order valence-electron chi connectivity index (χ2n) is 12.1. The number of carbonyl (C=O) groups is 2. The summed E-state index contributed by atoms with van der Waals surface area (Å²) >= 11 is 0. The molecule has 254 valence electrons. The molecular weight excluding hydrogens is 625 g/mol. The summed E-state index contributed by atoms with van der Waals surface area (Å²) in [5, 5.41) is 13.0. The number of nitrogens with one attached hydrogen (secondary N) is 1. The average Bonchev–Trinajstić information content (AvgIpc) is 3.06. The molecule has 0 aromatic heterocycles. The molecular formula is C35H44FN3O7S. The number of nitrogens with zero attached hydrogens (tertiary/aromatic N) is 2. The number of anilines is 1. The van der Waals surface area contributed by atoms with Crippen molar-refractivity contribution in [1.82, 2.24) is 9.21 Å². The lowest BCUT2D eigenvalue weighted by Crippen LogP contribution is -2.48. The smallest absolute Gasteiger partial charge is 0.258 e. The molecule has 0 fully saturated rings. The minimum Gasteiger partial charge on any atom is -0.490 e. The van der Waals surface area contributed by atoms with Gasteiger partial charge in [0.2, 0.25) is 10.0 Å². The lowest BCUT2D eigenvalue weighted by Gasteiger charge is -2.35. The summed E-state index contributed by atoms with van der Waals surface area (Å²) in [7, 11) is -2.51. The molecule has 3 aromatic rings. The van der Waals surface area contributed by atoms with E-state index in [9.17, 15) is 27.5 Å². The molecule has 0 aliphatic carbocycles. The van der Waals surface area contributed by atoms with E-state index in [2.05, 4.69) is 5.32 Å². The van der Waals surface area contributed by atoms with Gasteiger partial charge in [0.25, 0.3) is 11.8 Å². The molecule has 4 atom stereocenters. The van der Waals surface area contributed by atoms with Gasteiger partial charge in [0.1, 0.15) is 11.6 Å². The molecule has 3 aromatic carbocycles. The summed E-state index contributed by atoms with van der Waals surface area (Å²) in [5.41, 5.74) is 1.09. The molecule has 2 N–H and O–H groups in total. The molecule has 0 unspecified atom stereocenters. The van der Waals surface area contributed by atoms with Crippen LogP contribution in [0.1, 0.15) is 60.7 Å². The number of hydrogen-bond acceptors (Lipinski definition) is 7. The molecule has 1 aliphatic heterocycles. The van der Waals surface area contributed by atoms with E-state index in [0.717, 1.165) is 18.6 Å². The van der Waals surface area contributed by atoms with Crippen LogP contribution in [-0.4, -0.2) is 86.1 Å². The summed E-state index contributed by atoms with van der Waals surface area (Å²) in [6.45, 7) is 5.68. The van der Waals surface area contributed by atoms with Crippen LogP contribution in [0.15, 0.2) is 77.7 Å². The summed E-state index contributed by atoms with van der Waals surface area (Å²) in [4.78, 5) is 28.7. The van der Waals surface area contributed by atoms with Crippen LogP contribution < -0.4 is 10.1 Å². The maximum absolute atomic E-state index is 14.3. The SMILES string of the molecule is C[C@@H]1CCCCO[C@@H](CN(C)S(=O)(=O)c2ccc(F)cc2)[C@@H](C)CN([C@H](C)CO)C(=O)c2cc(NC(=O)c3ccccc3)ccc2O1. The number of amides is 2. The summed E-state index contributed by atoms with van der Waals surface area (Å²) < 4.78 is 53.9. The quantitative estimate of drug-likeness (QED) is 0.338. The molecule has 0 saturated carbocycles. The van der Waals surface area contributed by atoms with Gasteiger partial charge >= 0.3 is 0 Å². The molecule has 12 heteroatoms. The van der Waals surface area contributed by atoms with Gasteiger partial charge in [-0.2, -0.15) is 4.31 Å². The van der Waals surface area contributed by atoms with Crippen LogP contribution in [0.3, 0.4) is 0 Å². The number of hydrogen-bond donors (Lipinski definition) is 2. The van der Waals surface area contributed by atoms with Crippen molar-refractivity contribution >= 4 is 27.5 Å². The molecule has 1 aliphatic rings. The lowest BCUT2D eigenvalue weighted by atomic mass is 10.0. The molecule has 0 radical (unpaired) electrons. The van der Waals surface area contributed by atoms with Crippen LogP contribution in [0.5, 0.6) is 5.75 Å². The molecule has 10 nitrogen and oxygen atoms in total. The van der Waals surface area contributed by atoms with Gasteiger partial charge in [-0.05, 0) is 87.7 Å². The van der Waals surface area contributed by atoms with Gasteiger partial charge in [-0.25, -0.2) is 12.8 Å². The van der Waals surface area contributed by atoms with Crippen molar-refractivity contribution in [2.45, 2.75) is 63.2 Å². The Hall–Kier alpha value is -3.84. The highest BCUT2D eigenvalue weighted by Gasteiger charge is 2.32. The third kappa shape index (κ3) is 9.38. The number of carbonyl (C=O) groups excluding carboxylic acids is 2. The van der Waals surface area contributed by atoms with E-state index in [1.54, 1.807) is 49.4 Å². The number of rotatable bonds is 8. The number of fused-ring (bicyclic) bond motifs is 1. The van der Waals surface area contributed by atoms with Crippen molar-refractivity contribution in [2.75, 3.05) is 38.7 Å². The van der Waals surface area contributed by atoms with Gasteiger partial charge in [0.15, 0.2) is 0 Å². The summed E-state index contributed by atoms with van der Waals surface area (Å²) in [6.07, 6.45) is 1.31. The Kier molecular flexibility index (Phi) is 12.5. The fraction of sp³-hybridized carbons (Fsp3) is 0.429. The van der Waals surface area contributed by atoms with Gasteiger partial charge in [-0.15, -0.1) is 0 Å². The van der Waals surface area contributed by atoms with Gasteiger partial charge in [0, 0.05) is 43.9 Å². The number of aliphatic hydroxyl groups excluding tert-OH is 1. The first-order chi connectivity index (χ1) is 22.4. The number of ether oxygens (including phenoxy) is 2. The number of likely N-dealkylation sites (N-methyl/N-ethyl adjacent to an activating group) is 1. The minimum atomic E-state index is -3.95. The van der Waals surface area contributed by atoms with Crippen LogP contribution in [0.2, 0.25) is 0 Å². The van der Waals surface area contributed by atoms with E-state index in [-0.39, 0.29) is 48.1 Å². The molecule has 2 amide bonds. The van der Waals surface area contributed by atoms with Crippen molar-refractivity contribution in [3.8, 4) is 5.75 Å². The number of benzene rings is 3. The van der Waals surface area contributed by atoms with Crippen LogP contribution in [0, 0.1) is 11.7 Å². The Morgan fingerprint density at radius 3 is 2.47 bits per heavy atom. The predicted molar refractivity (Wildman–Crippen MR) is 177 cm³/mol. The average molecular weight is 670 g/mol. The van der Waals surface area contributed by atoms with Crippen molar-refractivity contribution in [1.29, 1.82) is 0 Å². The second kappa shape index (κ2) is 16.3. The van der Waals surface area contributed by atoms with E-state index < -0.39 is 33.9 Å². The normalized spacial score (nSPS) is 20.5. The Morgan fingerprint density at radius 1 is 1.09 bits per heavy atom. The first kappa shape index (κ1) is 36.0. The van der Waals surface area contributed by atoms with Gasteiger partial charge in [0.05, 0.1) is 35.3 Å². The highest BCUT2D eigenvalue weighted by Crippen LogP contribution is 2.29. The standard InChI is InChI=1S/C35H44FN3O7S/c1-24-21-39(25(2)23-40)35(42)31-20-29(37-34(41)27-11-6-5-7-12-27)15-18-32(31)46-26(3)10-8-9-19-45-33(24)22-38(4)47(43,44)30-16-13-28(36)14-17-30/h5-7,11-18,20,24-26,33,40H,8-10,19,21-23H2,1-4H3,(H,37,41)/t24-,25+,26+,33-/m0/s1. The first-order valence-electron chi connectivity index (χ1n) is 15.8. The van der Waals surface area contributed by atoms with E-state index >= 15 is 0 Å². The summed E-state index contributed by atoms with van der Waals surface area (Å²) in [5.74, 6) is -1.30. The van der Waals surface area contributed by atoms with E-state index in [4.69, 9.17) is 9.47 Å². The minimum absolute atomic E-state index is 0.0117. The topological polar surface area (TPSA) is 125 Å². The van der Waals surface area contributed by atoms with Crippen LogP contribution in [-0.2, 0) is 14.8 Å². The number of sulfonamides is 1. The third-order valence-electron chi connectivity index (χ3n) is 8.30. The van der Waals surface area contributed by atoms with Crippen LogP contribution >= 0.6 is 0 Å². The van der Waals surface area contributed by atoms with Crippen molar-refractivity contribution in [2.24, 2.45) is 5.92 Å². The van der Waals surface area contributed by atoms with Crippen molar-refractivity contribution in [3.05, 3.63) is 89.7 Å². The highest BCUT2D eigenvalue weighted by molar-refractivity contribution is 7.89. The predicted octanol–water partition coefficient (Wildman–Crippen LogP) is 5.19. The Morgan fingerprint density at radius 2 is 1.79 bits per heavy atom. The highest BCUT2D eigenvalue weighted by atomic mass is 32.2. The molecule has 0 spiro atoms. The zero-order chi connectivity index (χ0) is 34.1. The van der Waals surface area contributed by atoms with E-state index in [1.807, 2.05) is 19.9 Å². The van der Waals surface area contributed by atoms with Crippen LogP contribution in [0.4, 0.5) is 10.1 Å². The lowest BCUT2D eigenvalue weighted by molar-refractivity contribution is -0.00834. The molecule has 0 bridgehead atoms. The van der Waals surface area contributed by atoms with Gasteiger partial charge in [-0.1, -0.05) is 25.1 Å². The van der Waals surface area contributed by atoms with E-state index in [1.165, 1.54) is 28.4 Å². The fourth-order valence-electron chi connectivity index (χ4n) is 5.39. The van der Waals surface area contributed by atoms with Gasteiger partial charge in [-0.3, -0.25) is 9.59 Å². The fourth-order valence-corrected chi connectivity index (χ4v) is 6.58. The molecule has 1 heterocycles. The largest absolute Gasteiger partial charge is 0.490 e. The molecule has 47 heavy (non-hydrogen) atoms. The number of halogens is 1. The van der Waals surface area contributed by atoms with E-state index in [0.29, 0.717) is 36.4 Å². The first-order valence-corrected chi connectivity index (χ1v) is 17.3. The zero-order valence-corrected chi connectivity index (χ0v) is 28.1. The Balaban J connectivity index is 1.65. The zero-order valence-electron chi connectivity index (χ0n) is 27.3. The molecule has 4 rings (SSSR count). The maximum Gasteiger partial charge on any atom is 0.258 e.